The largest absolute Gasteiger partial charge is 0.306 e. The average Bonchev–Trinajstić information content (AvgIpc) is 2.77. The fourth-order valence-corrected chi connectivity index (χ4v) is 2.10. The molecule has 0 aliphatic heterocycles. The zero-order valence-corrected chi connectivity index (χ0v) is 9.69. The highest BCUT2D eigenvalue weighted by molar-refractivity contribution is 7.11. The van der Waals surface area contributed by atoms with Gasteiger partial charge in [0.1, 0.15) is 5.01 Å². The SMILES string of the molecule is Cc1cnc(CNCc2cn[nH]c2C)s1. The lowest BCUT2D eigenvalue weighted by Crippen LogP contribution is -2.12. The molecule has 0 amide bonds. The number of nitrogens with zero attached hydrogens (tertiary/aromatic N) is 2. The van der Waals surface area contributed by atoms with Gasteiger partial charge in [-0.15, -0.1) is 11.3 Å². The summed E-state index contributed by atoms with van der Waals surface area (Å²) in [4.78, 5) is 5.55. The average molecular weight is 222 g/mol. The molecule has 0 saturated heterocycles. The van der Waals surface area contributed by atoms with Crippen LogP contribution in [0.25, 0.3) is 0 Å². The van der Waals surface area contributed by atoms with E-state index in [1.54, 1.807) is 11.3 Å². The number of nitrogens with one attached hydrogen (secondary N) is 2. The Morgan fingerprint density at radius 3 is 2.80 bits per heavy atom. The number of aryl methyl sites for hydroxylation is 2. The number of thiazole rings is 1. The van der Waals surface area contributed by atoms with Gasteiger partial charge in [-0.3, -0.25) is 5.10 Å². The van der Waals surface area contributed by atoms with Gasteiger partial charge < -0.3 is 5.32 Å². The molecule has 0 aliphatic carbocycles. The first-order valence-corrected chi connectivity index (χ1v) is 5.68. The van der Waals surface area contributed by atoms with Gasteiger partial charge in [0.05, 0.1) is 6.20 Å². The Labute approximate surface area is 92.8 Å². The summed E-state index contributed by atoms with van der Waals surface area (Å²) in [6.45, 7) is 5.75. The van der Waals surface area contributed by atoms with E-state index in [-0.39, 0.29) is 0 Å². The summed E-state index contributed by atoms with van der Waals surface area (Å²) in [6.07, 6.45) is 3.76. The van der Waals surface area contributed by atoms with Crippen molar-refractivity contribution in [1.82, 2.24) is 20.5 Å². The number of hydrogen-bond donors (Lipinski definition) is 2. The van der Waals surface area contributed by atoms with Gasteiger partial charge in [0, 0.05) is 35.4 Å². The first-order valence-electron chi connectivity index (χ1n) is 4.86. The predicted molar refractivity (Wildman–Crippen MR) is 60.7 cm³/mol. The van der Waals surface area contributed by atoms with E-state index in [1.807, 2.05) is 19.3 Å². The highest BCUT2D eigenvalue weighted by Crippen LogP contribution is 2.10. The number of aromatic nitrogens is 3. The lowest BCUT2D eigenvalue weighted by Gasteiger charge is -2.00. The van der Waals surface area contributed by atoms with Gasteiger partial charge in [-0.1, -0.05) is 0 Å². The second-order valence-corrected chi connectivity index (χ2v) is 4.81. The lowest BCUT2D eigenvalue weighted by molar-refractivity contribution is 0.687. The van der Waals surface area contributed by atoms with Crippen LogP contribution in [0.1, 0.15) is 21.1 Å². The minimum Gasteiger partial charge on any atom is -0.306 e. The van der Waals surface area contributed by atoms with Gasteiger partial charge in [-0.2, -0.15) is 5.10 Å². The Hall–Kier alpha value is -1.20. The van der Waals surface area contributed by atoms with Crippen LogP contribution >= 0.6 is 11.3 Å². The van der Waals surface area contributed by atoms with Crippen molar-refractivity contribution in [3.63, 3.8) is 0 Å². The topological polar surface area (TPSA) is 53.6 Å². The Kier molecular flexibility index (Phi) is 3.13. The molecule has 0 spiro atoms. The molecule has 2 aromatic rings. The van der Waals surface area contributed by atoms with Gasteiger partial charge in [0.2, 0.25) is 0 Å². The van der Waals surface area contributed by atoms with Gasteiger partial charge in [-0.25, -0.2) is 4.98 Å². The number of aromatic amines is 1. The number of H-pyrrole nitrogens is 1. The smallest absolute Gasteiger partial charge is 0.107 e. The first kappa shape index (κ1) is 10.3. The molecule has 0 aromatic carbocycles. The maximum Gasteiger partial charge on any atom is 0.107 e. The molecular weight excluding hydrogens is 208 g/mol. The molecule has 2 rings (SSSR count). The van der Waals surface area contributed by atoms with Crippen molar-refractivity contribution in [2.24, 2.45) is 0 Å². The second kappa shape index (κ2) is 4.55. The molecule has 4 nitrogen and oxygen atoms in total. The summed E-state index contributed by atoms with van der Waals surface area (Å²) < 4.78 is 0. The Morgan fingerprint density at radius 1 is 1.33 bits per heavy atom. The van der Waals surface area contributed by atoms with Gasteiger partial charge in [0.15, 0.2) is 0 Å². The molecular formula is C10H14N4S. The third-order valence-corrected chi connectivity index (χ3v) is 3.11. The quantitative estimate of drug-likeness (QED) is 0.829. The molecule has 2 aromatic heterocycles. The second-order valence-electron chi connectivity index (χ2n) is 3.49. The van der Waals surface area contributed by atoms with E-state index in [0.29, 0.717) is 0 Å². The van der Waals surface area contributed by atoms with E-state index < -0.39 is 0 Å². The predicted octanol–water partition coefficient (Wildman–Crippen LogP) is 1.77. The summed E-state index contributed by atoms with van der Waals surface area (Å²) in [5.74, 6) is 0. The monoisotopic (exact) mass is 222 g/mol. The molecule has 0 saturated carbocycles. The minimum atomic E-state index is 0.823. The van der Waals surface area contributed by atoms with Crippen LogP contribution in [0.15, 0.2) is 12.4 Å². The highest BCUT2D eigenvalue weighted by atomic mass is 32.1. The van der Waals surface area contributed by atoms with Gasteiger partial charge in [0.25, 0.3) is 0 Å². The van der Waals surface area contributed by atoms with E-state index in [9.17, 15) is 0 Å². The molecule has 2 heterocycles. The molecule has 0 fully saturated rings. The first-order chi connectivity index (χ1) is 7.25. The van der Waals surface area contributed by atoms with Crippen molar-refractivity contribution < 1.29 is 0 Å². The molecule has 0 unspecified atom stereocenters. The summed E-state index contributed by atoms with van der Waals surface area (Å²) in [5.41, 5.74) is 2.33. The van der Waals surface area contributed by atoms with Crippen molar-refractivity contribution in [1.29, 1.82) is 0 Å². The van der Waals surface area contributed by atoms with Crippen molar-refractivity contribution >= 4 is 11.3 Å². The zero-order chi connectivity index (χ0) is 10.7. The van der Waals surface area contributed by atoms with Crippen molar-refractivity contribution in [3.05, 3.63) is 33.5 Å². The lowest BCUT2D eigenvalue weighted by atomic mass is 10.3. The van der Waals surface area contributed by atoms with Crippen LogP contribution < -0.4 is 5.32 Å². The molecule has 80 valence electrons. The van der Waals surface area contributed by atoms with Crippen LogP contribution in [0.3, 0.4) is 0 Å². The van der Waals surface area contributed by atoms with E-state index in [1.165, 1.54) is 10.4 Å². The van der Waals surface area contributed by atoms with Crippen LogP contribution in [0.2, 0.25) is 0 Å². The van der Waals surface area contributed by atoms with Crippen molar-refractivity contribution in [2.75, 3.05) is 0 Å². The van der Waals surface area contributed by atoms with Crippen LogP contribution in [-0.4, -0.2) is 15.2 Å². The zero-order valence-electron chi connectivity index (χ0n) is 8.87. The Bertz CT molecular complexity index is 432. The van der Waals surface area contributed by atoms with E-state index in [0.717, 1.165) is 23.8 Å². The number of hydrogen-bond acceptors (Lipinski definition) is 4. The summed E-state index contributed by atoms with van der Waals surface area (Å²) in [7, 11) is 0. The van der Waals surface area contributed by atoms with Crippen molar-refractivity contribution in [2.45, 2.75) is 26.9 Å². The van der Waals surface area contributed by atoms with E-state index >= 15 is 0 Å². The highest BCUT2D eigenvalue weighted by Gasteiger charge is 2.01. The van der Waals surface area contributed by atoms with Gasteiger partial charge >= 0.3 is 0 Å². The standard InChI is InChI=1S/C10H14N4S/c1-7-3-12-10(15-7)6-11-4-9-5-13-14-8(9)2/h3,5,11H,4,6H2,1-2H3,(H,13,14). The molecule has 0 radical (unpaired) electrons. The third kappa shape index (κ3) is 2.64. The normalized spacial score (nSPS) is 10.8. The summed E-state index contributed by atoms with van der Waals surface area (Å²) in [6, 6.07) is 0. The fourth-order valence-electron chi connectivity index (χ4n) is 1.34. The summed E-state index contributed by atoms with van der Waals surface area (Å²) in [5, 5.41) is 11.4. The van der Waals surface area contributed by atoms with E-state index in [4.69, 9.17) is 0 Å². The Balaban J connectivity index is 1.83. The maximum absolute atomic E-state index is 4.29. The van der Waals surface area contributed by atoms with E-state index in [2.05, 4.69) is 27.4 Å². The molecule has 0 atom stereocenters. The van der Waals surface area contributed by atoms with Crippen molar-refractivity contribution in [3.8, 4) is 0 Å². The molecule has 0 aliphatic rings. The van der Waals surface area contributed by atoms with Crippen LogP contribution in [-0.2, 0) is 13.1 Å². The molecule has 0 bridgehead atoms. The molecule has 15 heavy (non-hydrogen) atoms. The minimum absolute atomic E-state index is 0.823. The van der Waals surface area contributed by atoms with Crippen LogP contribution in [0, 0.1) is 13.8 Å². The maximum atomic E-state index is 4.29. The number of rotatable bonds is 4. The molecule has 5 heteroatoms. The fraction of sp³-hybridized carbons (Fsp3) is 0.400. The van der Waals surface area contributed by atoms with Gasteiger partial charge in [-0.05, 0) is 13.8 Å². The Morgan fingerprint density at radius 2 is 2.20 bits per heavy atom. The molecule has 2 N–H and O–H groups in total. The van der Waals surface area contributed by atoms with Crippen LogP contribution in [0.4, 0.5) is 0 Å². The van der Waals surface area contributed by atoms with Crippen LogP contribution in [0.5, 0.6) is 0 Å². The summed E-state index contributed by atoms with van der Waals surface area (Å²) >= 11 is 1.73. The third-order valence-electron chi connectivity index (χ3n) is 2.20.